The Morgan fingerprint density at radius 2 is 1.97 bits per heavy atom. The van der Waals surface area contributed by atoms with Crippen molar-refractivity contribution in [1.82, 2.24) is 14.5 Å². The SMILES string of the molecule is CCOC(=O)C1CCN(C(=O)c2nc(-c3cccc(F)c3)n3c2CCCCC3)CC1. The third kappa shape index (κ3) is 4.11. The summed E-state index contributed by atoms with van der Waals surface area (Å²) in [6.45, 7) is 4.00. The zero-order valence-electron chi connectivity index (χ0n) is 17.4. The van der Waals surface area contributed by atoms with Gasteiger partial charge in [-0.2, -0.15) is 0 Å². The highest BCUT2D eigenvalue weighted by Crippen LogP contribution is 2.29. The van der Waals surface area contributed by atoms with Crippen LogP contribution in [-0.2, 0) is 22.5 Å². The predicted molar refractivity (Wildman–Crippen MR) is 110 cm³/mol. The summed E-state index contributed by atoms with van der Waals surface area (Å²) in [4.78, 5) is 31.9. The minimum atomic E-state index is -0.313. The molecule has 2 aliphatic rings. The fourth-order valence-electron chi connectivity index (χ4n) is 4.47. The molecule has 1 aromatic carbocycles. The van der Waals surface area contributed by atoms with E-state index in [-0.39, 0.29) is 23.6 Å². The number of nitrogens with zero attached hydrogens (tertiary/aromatic N) is 3. The first-order valence-corrected chi connectivity index (χ1v) is 10.9. The van der Waals surface area contributed by atoms with Gasteiger partial charge in [-0.25, -0.2) is 9.37 Å². The number of carbonyl (C=O) groups excluding carboxylic acids is 2. The van der Waals surface area contributed by atoms with Crippen LogP contribution < -0.4 is 0 Å². The zero-order chi connectivity index (χ0) is 21.1. The van der Waals surface area contributed by atoms with Gasteiger partial charge in [-0.1, -0.05) is 18.6 Å². The number of benzene rings is 1. The Kier molecular flexibility index (Phi) is 6.16. The van der Waals surface area contributed by atoms with Crippen molar-refractivity contribution in [3.05, 3.63) is 41.5 Å². The molecule has 4 rings (SSSR count). The minimum Gasteiger partial charge on any atom is -0.466 e. The smallest absolute Gasteiger partial charge is 0.309 e. The van der Waals surface area contributed by atoms with Gasteiger partial charge in [0.05, 0.1) is 18.2 Å². The lowest BCUT2D eigenvalue weighted by molar-refractivity contribution is -0.149. The molecule has 0 radical (unpaired) electrons. The summed E-state index contributed by atoms with van der Waals surface area (Å²) in [7, 11) is 0. The van der Waals surface area contributed by atoms with Crippen molar-refractivity contribution in [2.24, 2.45) is 5.92 Å². The van der Waals surface area contributed by atoms with Gasteiger partial charge in [-0.05, 0) is 51.2 Å². The number of fused-ring (bicyclic) bond motifs is 1. The molecule has 160 valence electrons. The van der Waals surface area contributed by atoms with Gasteiger partial charge in [-0.15, -0.1) is 0 Å². The lowest BCUT2D eigenvalue weighted by Gasteiger charge is -2.30. The monoisotopic (exact) mass is 413 g/mol. The Hall–Kier alpha value is -2.70. The molecule has 0 unspecified atom stereocenters. The molecule has 0 saturated carbocycles. The molecule has 1 fully saturated rings. The van der Waals surface area contributed by atoms with Crippen LogP contribution in [-0.4, -0.2) is 46.0 Å². The third-order valence-corrected chi connectivity index (χ3v) is 6.06. The van der Waals surface area contributed by atoms with Crippen molar-refractivity contribution >= 4 is 11.9 Å². The standard InChI is InChI=1S/C23H28FN3O3/c1-2-30-23(29)16-10-13-26(14-11-16)22(28)20-19-9-4-3-5-12-27(19)21(25-20)17-7-6-8-18(24)15-17/h6-8,15-16H,2-5,9-14H2,1H3. The summed E-state index contributed by atoms with van der Waals surface area (Å²) < 4.78 is 21.0. The normalized spacial score (nSPS) is 17.3. The number of likely N-dealkylation sites (tertiary alicyclic amines) is 1. The molecule has 0 aliphatic carbocycles. The van der Waals surface area contributed by atoms with Gasteiger partial charge < -0.3 is 14.2 Å². The number of esters is 1. The number of rotatable bonds is 4. The first-order valence-electron chi connectivity index (χ1n) is 10.9. The molecule has 30 heavy (non-hydrogen) atoms. The van der Waals surface area contributed by atoms with Gasteiger partial charge in [0.1, 0.15) is 17.3 Å². The number of aromatic nitrogens is 2. The van der Waals surface area contributed by atoms with E-state index in [9.17, 15) is 14.0 Å². The van der Waals surface area contributed by atoms with E-state index in [2.05, 4.69) is 4.57 Å². The van der Waals surface area contributed by atoms with Crippen LogP contribution in [0.2, 0.25) is 0 Å². The number of amides is 1. The lowest BCUT2D eigenvalue weighted by atomic mass is 9.96. The van der Waals surface area contributed by atoms with Crippen LogP contribution in [0.25, 0.3) is 11.4 Å². The molecular weight excluding hydrogens is 385 g/mol. The fourth-order valence-corrected chi connectivity index (χ4v) is 4.47. The highest BCUT2D eigenvalue weighted by molar-refractivity contribution is 5.94. The molecule has 0 atom stereocenters. The van der Waals surface area contributed by atoms with Crippen molar-refractivity contribution in [2.75, 3.05) is 19.7 Å². The van der Waals surface area contributed by atoms with Gasteiger partial charge in [-0.3, -0.25) is 9.59 Å². The van der Waals surface area contributed by atoms with E-state index >= 15 is 0 Å². The van der Waals surface area contributed by atoms with Crippen LogP contribution in [0.5, 0.6) is 0 Å². The van der Waals surface area contributed by atoms with Crippen molar-refractivity contribution in [1.29, 1.82) is 0 Å². The summed E-state index contributed by atoms with van der Waals surface area (Å²) in [6, 6.07) is 6.39. The van der Waals surface area contributed by atoms with Crippen LogP contribution in [0.1, 0.15) is 55.2 Å². The average molecular weight is 413 g/mol. The second-order valence-electron chi connectivity index (χ2n) is 8.02. The van der Waals surface area contributed by atoms with Gasteiger partial charge in [0.15, 0.2) is 0 Å². The number of hydrogen-bond acceptors (Lipinski definition) is 4. The van der Waals surface area contributed by atoms with Gasteiger partial charge in [0, 0.05) is 25.2 Å². The summed E-state index contributed by atoms with van der Waals surface area (Å²) in [5, 5.41) is 0. The number of ether oxygens (including phenoxy) is 1. The minimum absolute atomic E-state index is 0.0920. The van der Waals surface area contributed by atoms with E-state index in [1.807, 2.05) is 6.07 Å². The zero-order valence-corrected chi connectivity index (χ0v) is 17.4. The van der Waals surface area contributed by atoms with Gasteiger partial charge >= 0.3 is 5.97 Å². The number of piperidine rings is 1. The van der Waals surface area contributed by atoms with E-state index in [1.165, 1.54) is 12.1 Å². The van der Waals surface area contributed by atoms with E-state index in [1.54, 1.807) is 17.9 Å². The van der Waals surface area contributed by atoms with Crippen LogP contribution >= 0.6 is 0 Å². The molecule has 0 N–H and O–H groups in total. The molecule has 7 heteroatoms. The number of hydrogen-bond donors (Lipinski definition) is 0. The van der Waals surface area contributed by atoms with E-state index < -0.39 is 0 Å². The molecule has 2 aliphatic heterocycles. The van der Waals surface area contributed by atoms with Gasteiger partial charge in [0.2, 0.25) is 0 Å². The van der Waals surface area contributed by atoms with Crippen molar-refractivity contribution in [2.45, 2.75) is 52.0 Å². The quantitative estimate of drug-likeness (QED) is 0.715. The second kappa shape index (κ2) is 8.98. The Bertz CT molecular complexity index is 932. The largest absolute Gasteiger partial charge is 0.466 e. The van der Waals surface area contributed by atoms with Crippen LogP contribution in [0.3, 0.4) is 0 Å². The maximum atomic E-state index is 13.8. The average Bonchev–Trinajstić information content (AvgIpc) is 2.94. The lowest BCUT2D eigenvalue weighted by Crippen LogP contribution is -2.41. The second-order valence-corrected chi connectivity index (χ2v) is 8.02. The van der Waals surface area contributed by atoms with E-state index in [0.29, 0.717) is 49.6 Å². The first-order chi connectivity index (χ1) is 14.6. The summed E-state index contributed by atoms with van der Waals surface area (Å²) >= 11 is 0. The molecule has 2 aromatic rings. The Morgan fingerprint density at radius 1 is 1.17 bits per heavy atom. The molecule has 0 spiro atoms. The van der Waals surface area contributed by atoms with Crippen molar-refractivity contribution in [3.63, 3.8) is 0 Å². The maximum Gasteiger partial charge on any atom is 0.309 e. The first kappa shape index (κ1) is 20.6. The fraction of sp³-hybridized carbons (Fsp3) is 0.522. The molecule has 1 amide bonds. The number of carbonyl (C=O) groups is 2. The van der Waals surface area contributed by atoms with Crippen LogP contribution in [0, 0.1) is 11.7 Å². The molecule has 1 saturated heterocycles. The molecule has 1 aromatic heterocycles. The molecule has 0 bridgehead atoms. The predicted octanol–water partition coefficient (Wildman–Crippen LogP) is 3.83. The summed E-state index contributed by atoms with van der Waals surface area (Å²) in [5.74, 6) is -0.0565. The Labute approximate surface area is 176 Å². The Balaban J connectivity index is 1.60. The number of halogens is 1. The van der Waals surface area contributed by atoms with Crippen LogP contribution in [0.4, 0.5) is 4.39 Å². The van der Waals surface area contributed by atoms with Gasteiger partial charge in [0.25, 0.3) is 5.91 Å². The molecule has 3 heterocycles. The van der Waals surface area contributed by atoms with Crippen molar-refractivity contribution in [3.8, 4) is 11.4 Å². The summed E-state index contributed by atoms with van der Waals surface area (Å²) in [6.07, 6.45) is 5.14. The van der Waals surface area contributed by atoms with E-state index in [4.69, 9.17) is 9.72 Å². The molecular formula is C23H28FN3O3. The number of imidazole rings is 1. The van der Waals surface area contributed by atoms with Crippen LogP contribution in [0.15, 0.2) is 24.3 Å². The highest BCUT2D eigenvalue weighted by atomic mass is 19.1. The van der Waals surface area contributed by atoms with E-state index in [0.717, 1.165) is 37.9 Å². The third-order valence-electron chi connectivity index (χ3n) is 6.06. The maximum absolute atomic E-state index is 13.8. The summed E-state index contributed by atoms with van der Waals surface area (Å²) in [5.41, 5.74) is 2.12. The van der Waals surface area contributed by atoms with Crippen molar-refractivity contribution < 1.29 is 18.7 Å². The highest BCUT2D eigenvalue weighted by Gasteiger charge is 2.32. The molecule has 6 nitrogen and oxygen atoms in total. The Morgan fingerprint density at radius 3 is 2.70 bits per heavy atom. The topological polar surface area (TPSA) is 64.4 Å².